The zero-order valence-electron chi connectivity index (χ0n) is 8.21. The topological polar surface area (TPSA) is 24.9 Å². The molecule has 3 heteroatoms. The minimum Gasteiger partial charge on any atom is -0.312 e. The van der Waals surface area contributed by atoms with Crippen LogP contribution < -0.4 is 5.32 Å². The number of aromatic nitrogens is 1. The predicted molar refractivity (Wildman–Crippen MR) is 56.0 cm³/mol. The average Bonchev–Trinajstić information content (AvgIpc) is 2.85. The maximum atomic E-state index is 4.29. The molecule has 1 aromatic rings. The van der Waals surface area contributed by atoms with Gasteiger partial charge < -0.3 is 5.32 Å². The van der Waals surface area contributed by atoms with Gasteiger partial charge in [0.1, 0.15) is 0 Å². The fourth-order valence-electron chi connectivity index (χ4n) is 1.69. The van der Waals surface area contributed by atoms with Crippen molar-refractivity contribution < 1.29 is 0 Å². The molecule has 1 N–H and O–H groups in total. The molecule has 0 spiro atoms. The Balaban J connectivity index is 2.06. The van der Waals surface area contributed by atoms with Gasteiger partial charge >= 0.3 is 0 Å². The van der Waals surface area contributed by atoms with E-state index in [0.717, 1.165) is 5.92 Å². The Bertz CT molecular complexity index is 278. The van der Waals surface area contributed by atoms with Crippen LogP contribution in [0.3, 0.4) is 0 Å². The Morgan fingerprint density at radius 1 is 1.69 bits per heavy atom. The molecule has 0 radical (unpaired) electrons. The smallest absolute Gasteiger partial charge is 0.0798 e. The number of hydrogen-bond acceptors (Lipinski definition) is 3. The molecule has 0 aromatic carbocycles. The molecule has 1 heterocycles. The highest BCUT2D eigenvalue weighted by atomic mass is 32.1. The van der Waals surface area contributed by atoms with Gasteiger partial charge in [-0.15, -0.1) is 11.3 Å². The molecule has 0 saturated heterocycles. The molecule has 1 atom stereocenters. The first-order valence-corrected chi connectivity index (χ1v) is 5.76. The Kier molecular flexibility index (Phi) is 2.65. The van der Waals surface area contributed by atoms with Crippen molar-refractivity contribution in [2.75, 3.05) is 7.05 Å². The largest absolute Gasteiger partial charge is 0.312 e. The van der Waals surface area contributed by atoms with Crippen LogP contribution >= 0.6 is 11.3 Å². The van der Waals surface area contributed by atoms with Gasteiger partial charge in [-0.25, -0.2) is 4.98 Å². The minimum absolute atomic E-state index is 0.542. The number of rotatable bonds is 4. The third-order valence-electron chi connectivity index (χ3n) is 2.71. The Labute approximate surface area is 83.4 Å². The SMILES string of the molecule is CNC(CC1CC1)c1scnc1C. The fraction of sp³-hybridized carbons (Fsp3) is 0.700. The Morgan fingerprint density at radius 2 is 2.46 bits per heavy atom. The normalized spacial score (nSPS) is 18.9. The van der Waals surface area contributed by atoms with Crippen molar-refractivity contribution in [3.63, 3.8) is 0 Å². The van der Waals surface area contributed by atoms with Crippen molar-refractivity contribution in [1.29, 1.82) is 0 Å². The van der Waals surface area contributed by atoms with Crippen LogP contribution in [-0.4, -0.2) is 12.0 Å². The summed E-state index contributed by atoms with van der Waals surface area (Å²) in [5.74, 6) is 0.971. The van der Waals surface area contributed by atoms with E-state index in [9.17, 15) is 0 Å². The van der Waals surface area contributed by atoms with Gasteiger partial charge in [0.2, 0.25) is 0 Å². The van der Waals surface area contributed by atoms with E-state index in [2.05, 4.69) is 17.2 Å². The molecule has 0 aliphatic heterocycles. The molecule has 0 bridgehead atoms. The highest BCUT2D eigenvalue weighted by Crippen LogP contribution is 2.38. The molecule has 1 aliphatic carbocycles. The lowest BCUT2D eigenvalue weighted by atomic mass is 10.1. The van der Waals surface area contributed by atoms with Crippen molar-refractivity contribution >= 4 is 11.3 Å². The molecule has 1 aromatic heterocycles. The van der Waals surface area contributed by atoms with Gasteiger partial charge in [0.15, 0.2) is 0 Å². The van der Waals surface area contributed by atoms with E-state index in [4.69, 9.17) is 0 Å². The summed E-state index contributed by atoms with van der Waals surface area (Å²) in [6, 6.07) is 0.542. The number of hydrogen-bond donors (Lipinski definition) is 1. The standard InChI is InChI=1S/C10H16N2S/c1-7-10(13-6-12-7)9(11-2)5-8-3-4-8/h6,8-9,11H,3-5H2,1-2H3. The molecule has 1 unspecified atom stereocenters. The monoisotopic (exact) mass is 196 g/mol. The maximum Gasteiger partial charge on any atom is 0.0798 e. The lowest BCUT2D eigenvalue weighted by Gasteiger charge is -2.14. The van der Waals surface area contributed by atoms with Gasteiger partial charge in [-0.3, -0.25) is 0 Å². The van der Waals surface area contributed by atoms with E-state index in [-0.39, 0.29) is 0 Å². The first-order valence-electron chi connectivity index (χ1n) is 4.88. The van der Waals surface area contributed by atoms with Crippen molar-refractivity contribution in [2.45, 2.75) is 32.2 Å². The van der Waals surface area contributed by atoms with Crippen molar-refractivity contribution in [1.82, 2.24) is 10.3 Å². The van der Waals surface area contributed by atoms with Crippen molar-refractivity contribution in [2.24, 2.45) is 5.92 Å². The summed E-state index contributed by atoms with van der Waals surface area (Å²) in [6.45, 7) is 2.10. The Hall–Kier alpha value is -0.410. The van der Waals surface area contributed by atoms with Crippen LogP contribution in [0.4, 0.5) is 0 Å². The van der Waals surface area contributed by atoms with Crippen LogP contribution in [-0.2, 0) is 0 Å². The Morgan fingerprint density at radius 3 is 2.92 bits per heavy atom. The molecule has 2 nitrogen and oxygen atoms in total. The summed E-state index contributed by atoms with van der Waals surface area (Å²) in [7, 11) is 2.05. The van der Waals surface area contributed by atoms with Gasteiger partial charge in [0, 0.05) is 10.9 Å². The lowest BCUT2D eigenvalue weighted by Crippen LogP contribution is -2.16. The van der Waals surface area contributed by atoms with Gasteiger partial charge in [-0.2, -0.15) is 0 Å². The number of aryl methyl sites for hydroxylation is 1. The summed E-state index contributed by atoms with van der Waals surface area (Å²) < 4.78 is 0. The van der Waals surface area contributed by atoms with E-state index in [1.807, 2.05) is 12.6 Å². The summed E-state index contributed by atoms with van der Waals surface area (Å²) >= 11 is 1.78. The highest BCUT2D eigenvalue weighted by Gasteiger charge is 2.26. The molecule has 2 rings (SSSR count). The zero-order chi connectivity index (χ0) is 9.26. The first kappa shape index (κ1) is 9.16. The number of thiazole rings is 1. The molecule has 1 saturated carbocycles. The van der Waals surface area contributed by atoms with Crippen LogP contribution in [0.1, 0.15) is 35.9 Å². The lowest BCUT2D eigenvalue weighted by molar-refractivity contribution is 0.519. The molecular weight excluding hydrogens is 180 g/mol. The van der Waals surface area contributed by atoms with Crippen LogP contribution in [0.5, 0.6) is 0 Å². The number of nitrogens with zero attached hydrogens (tertiary/aromatic N) is 1. The summed E-state index contributed by atoms with van der Waals surface area (Å²) in [4.78, 5) is 5.72. The predicted octanol–water partition coefficient (Wildman–Crippen LogP) is 2.51. The van der Waals surface area contributed by atoms with E-state index < -0.39 is 0 Å². The van der Waals surface area contributed by atoms with Gasteiger partial charge in [0.05, 0.1) is 11.2 Å². The summed E-state index contributed by atoms with van der Waals surface area (Å²) in [5, 5.41) is 3.39. The van der Waals surface area contributed by atoms with Crippen LogP contribution in [0.15, 0.2) is 5.51 Å². The minimum atomic E-state index is 0.542. The van der Waals surface area contributed by atoms with Crippen LogP contribution in [0.2, 0.25) is 0 Å². The van der Waals surface area contributed by atoms with Crippen LogP contribution in [0, 0.1) is 12.8 Å². The van der Waals surface area contributed by atoms with Gasteiger partial charge in [0.25, 0.3) is 0 Å². The second-order valence-corrected chi connectivity index (χ2v) is 4.71. The van der Waals surface area contributed by atoms with E-state index in [0.29, 0.717) is 6.04 Å². The van der Waals surface area contributed by atoms with Crippen molar-refractivity contribution in [3.8, 4) is 0 Å². The summed E-state index contributed by atoms with van der Waals surface area (Å²) in [6.07, 6.45) is 4.14. The molecule has 1 fully saturated rings. The molecule has 0 amide bonds. The van der Waals surface area contributed by atoms with E-state index in [1.54, 1.807) is 11.3 Å². The van der Waals surface area contributed by atoms with E-state index in [1.165, 1.54) is 29.8 Å². The van der Waals surface area contributed by atoms with Crippen LogP contribution in [0.25, 0.3) is 0 Å². The quantitative estimate of drug-likeness (QED) is 0.800. The molecule has 13 heavy (non-hydrogen) atoms. The second kappa shape index (κ2) is 3.76. The van der Waals surface area contributed by atoms with E-state index >= 15 is 0 Å². The molecular formula is C10H16N2S. The zero-order valence-corrected chi connectivity index (χ0v) is 9.03. The second-order valence-electron chi connectivity index (χ2n) is 3.82. The first-order chi connectivity index (χ1) is 6.31. The van der Waals surface area contributed by atoms with Gasteiger partial charge in [-0.1, -0.05) is 12.8 Å². The van der Waals surface area contributed by atoms with Crippen molar-refractivity contribution in [3.05, 3.63) is 16.1 Å². The molecule has 72 valence electrons. The maximum absolute atomic E-state index is 4.29. The third kappa shape index (κ3) is 2.09. The summed E-state index contributed by atoms with van der Waals surface area (Å²) in [5.41, 5.74) is 3.15. The average molecular weight is 196 g/mol. The third-order valence-corrected chi connectivity index (χ3v) is 3.76. The highest BCUT2D eigenvalue weighted by molar-refractivity contribution is 7.09. The molecule has 1 aliphatic rings. The number of nitrogens with one attached hydrogen (secondary N) is 1. The van der Waals surface area contributed by atoms with Gasteiger partial charge in [-0.05, 0) is 26.3 Å². The fourth-order valence-corrected chi connectivity index (χ4v) is 2.61.